The summed E-state index contributed by atoms with van der Waals surface area (Å²) in [4.78, 5) is 4.25. The van der Waals surface area contributed by atoms with Gasteiger partial charge in [-0.2, -0.15) is 0 Å². The normalized spacial score (nSPS) is 17.6. The quantitative estimate of drug-likeness (QED) is 0.824. The van der Waals surface area contributed by atoms with Crippen LogP contribution in [0.1, 0.15) is 12.8 Å². The predicted molar refractivity (Wildman–Crippen MR) is 61.2 cm³/mol. The zero-order valence-electron chi connectivity index (χ0n) is 8.89. The molecular weight excluding hydrogens is 204 g/mol. The van der Waals surface area contributed by atoms with Crippen molar-refractivity contribution in [1.29, 1.82) is 0 Å². The predicted octanol–water partition coefficient (Wildman–Crippen LogP) is 2.01. The number of anilines is 1. The van der Waals surface area contributed by atoms with Crippen molar-refractivity contribution < 1.29 is 9.52 Å². The van der Waals surface area contributed by atoms with Gasteiger partial charge in [0, 0.05) is 12.7 Å². The molecule has 2 heterocycles. The van der Waals surface area contributed by atoms with Crippen LogP contribution in [0.25, 0.3) is 11.0 Å². The molecule has 2 N–H and O–H groups in total. The number of aliphatic hydroxyl groups is 1. The molecule has 1 unspecified atom stereocenters. The Morgan fingerprint density at radius 1 is 1.50 bits per heavy atom. The van der Waals surface area contributed by atoms with Gasteiger partial charge in [0.15, 0.2) is 0 Å². The fourth-order valence-corrected chi connectivity index (χ4v) is 1.88. The minimum Gasteiger partial charge on any atom is -0.464 e. The van der Waals surface area contributed by atoms with Crippen LogP contribution in [0, 0.1) is 5.92 Å². The molecule has 84 valence electrons. The van der Waals surface area contributed by atoms with E-state index in [4.69, 9.17) is 4.42 Å². The third kappa shape index (κ3) is 1.76. The Hall–Kier alpha value is -1.55. The second-order valence-corrected chi connectivity index (χ2v) is 4.28. The summed E-state index contributed by atoms with van der Waals surface area (Å²) in [7, 11) is 0. The van der Waals surface area contributed by atoms with Gasteiger partial charge in [0.25, 0.3) is 0 Å². The molecule has 0 amide bonds. The van der Waals surface area contributed by atoms with E-state index in [1.807, 2.05) is 12.1 Å². The number of nitrogens with one attached hydrogen (secondary N) is 1. The minimum absolute atomic E-state index is 0.260. The number of fused-ring (bicyclic) bond motifs is 1. The molecule has 2 aromatic heterocycles. The highest BCUT2D eigenvalue weighted by atomic mass is 16.3. The van der Waals surface area contributed by atoms with Crippen molar-refractivity contribution in [3.8, 4) is 0 Å². The van der Waals surface area contributed by atoms with Gasteiger partial charge in [0.1, 0.15) is 11.4 Å². The van der Waals surface area contributed by atoms with E-state index in [0.29, 0.717) is 12.5 Å². The van der Waals surface area contributed by atoms with Crippen LogP contribution in [-0.4, -0.2) is 22.7 Å². The fraction of sp³-hybridized carbons (Fsp3) is 0.417. The van der Waals surface area contributed by atoms with E-state index in [1.165, 1.54) is 0 Å². The Kier molecular flexibility index (Phi) is 2.29. The molecule has 0 aliphatic heterocycles. The topological polar surface area (TPSA) is 58.3 Å². The van der Waals surface area contributed by atoms with Crippen molar-refractivity contribution >= 4 is 16.8 Å². The molecule has 0 aromatic carbocycles. The molecule has 1 fully saturated rings. The first-order valence-corrected chi connectivity index (χ1v) is 5.59. The molecular formula is C12H14N2O2. The fourth-order valence-electron chi connectivity index (χ4n) is 1.88. The number of hydrogen-bond acceptors (Lipinski definition) is 4. The zero-order chi connectivity index (χ0) is 11.0. The largest absolute Gasteiger partial charge is 0.464 e. The summed E-state index contributed by atoms with van der Waals surface area (Å²) < 4.78 is 5.28. The van der Waals surface area contributed by atoms with E-state index in [2.05, 4.69) is 10.3 Å². The molecule has 1 atom stereocenters. The SMILES string of the molecule is OC(CNc1nccc2occc12)C1CC1. The molecule has 1 aliphatic rings. The molecule has 4 nitrogen and oxygen atoms in total. The average molecular weight is 218 g/mol. The maximum Gasteiger partial charge on any atom is 0.139 e. The second-order valence-electron chi connectivity index (χ2n) is 4.28. The highest BCUT2D eigenvalue weighted by Gasteiger charge is 2.29. The molecule has 1 saturated carbocycles. The van der Waals surface area contributed by atoms with Gasteiger partial charge in [-0.15, -0.1) is 0 Å². The Bertz CT molecular complexity index is 490. The van der Waals surface area contributed by atoms with Crippen LogP contribution in [0.4, 0.5) is 5.82 Å². The first kappa shape index (κ1) is 9.66. The van der Waals surface area contributed by atoms with Gasteiger partial charge in [-0.3, -0.25) is 0 Å². The lowest BCUT2D eigenvalue weighted by atomic mass is 10.2. The summed E-state index contributed by atoms with van der Waals surface area (Å²) >= 11 is 0. The highest BCUT2D eigenvalue weighted by molar-refractivity contribution is 5.87. The summed E-state index contributed by atoms with van der Waals surface area (Å²) in [5.41, 5.74) is 0.818. The standard InChI is InChI=1S/C12H14N2O2/c15-10(8-1-2-8)7-14-12-9-4-6-16-11(9)3-5-13-12/h3-6,8,10,15H,1-2,7H2,(H,13,14). The number of pyridine rings is 1. The molecule has 4 heteroatoms. The van der Waals surface area contributed by atoms with E-state index >= 15 is 0 Å². The van der Waals surface area contributed by atoms with Crippen LogP contribution in [0.3, 0.4) is 0 Å². The minimum atomic E-state index is -0.260. The molecule has 0 bridgehead atoms. The summed E-state index contributed by atoms with van der Waals surface area (Å²) in [6, 6.07) is 3.71. The summed E-state index contributed by atoms with van der Waals surface area (Å²) in [5.74, 6) is 1.27. The maximum absolute atomic E-state index is 9.76. The van der Waals surface area contributed by atoms with Gasteiger partial charge in [0.2, 0.25) is 0 Å². The van der Waals surface area contributed by atoms with Crippen molar-refractivity contribution in [1.82, 2.24) is 4.98 Å². The van der Waals surface area contributed by atoms with E-state index in [0.717, 1.165) is 29.6 Å². The average Bonchev–Trinajstić information content (AvgIpc) is 3.04. The monoisotopic (exact) mass is 218 g/mol. The van der Waals surface area contributed by atoms with E-state index in [9.17, 15) is 5.11 Å². The third-order valence-electron chi connectivity index (χ3n) is 3.02. The lowest BCUT2D eigenvalue weighted by molar-refractivity contribution is 0.164. The summed E-state index contributed by atoms with van der Waals surface area (Å²) in [5, 5.41) is 13.9. The molecule has 0 spiro atoms. The van der Waals surface area contributed by atoms with Crippen LogP contribution in [0.2, 0.25) is 0 Å². The molecule has 2 aromatic rings. The van der Waals surface area contributed by atoms with Crippen LogP contribution < -0.4 is 5.32 Å². The zero-order valence-corrected chi connectivity index (χ0v) is 8.89. The maximum atomic E-state index is 9.76. The Balaban J connectivity index is 1.75. The lowest BCUT2D eigenvalue weighted by Gasteiger charge is -2.11. The first-order chi connectivity index (χ1) is 7.84. The van der Waals surface area contributed by atoms with Gasteiger partial charge in [-0.25, -0.2) is 4.98 Å². The van der Waals surface area contributed by atoms with E-state index in [-0.39, 0.29) is 6.10 Å². The number of nitrogens with zero attached hydrogens (tertiary/aromatic N) is 1. The van der Waals surface area contributed by atoms with Crippen molar-refractivity contribution in [2.24, 2.45) is 5.92 Å². The van der Waals surface area contributed by atoms with Crippen LogP contribution in [-0.2, 0) is 0 Å². The smallest absolute Gasteiger partial charge is 0.139 e. The Morgan fingerprint density at radius 3 is 3.19 bits per heavy atom. The second kappa shape index (κ2) is 3.79. The van der Waals surface area contributed by atoms with Gasteiger partial charge >= 0.3 is 0 Å². The molecule has 1 aliphatic carbocycles. The Morgan fingerprint density at radius 2 is 2.38 bits per heavy atom. The summed E-state index contributed by atoms with van der Waals surface area (Å²) in [6.07, 6.45) is 5.38. The van der Waals surface area contributed by atoms with Crippen molar-refractivity contribution in [2.45, 2.75) is 18.9 Å². The van der Waals surface area contributed by atoms with Gasteiger partial charge in [-0.05, 0) is 30.9 Å². The highest BCUT2D eigenvalue weighted by Crippen LogP contribution is 2.32. The third-order valence-corrected chi connectivity index (χ3v) is 3.02. The number of aromatic nitrogens is 1. The lowest BCUT2D eigenvalue weighted by Crippen LogP contribution is -2.21. The van der Waals surface area contributed by atoms with Crippen molar-refractivity contribution in [3.05, 3.63) is 24.6 Å². The molecule has 16 heavy (non-hydrogen) atoms. The van der Waals surface area contributed by atoms with Gasteiger partial charge in [0.05, 0.1) is 17.8 Å². The van der Waals surface area contributed by atoms with E-state index in [1.54, 1.807) is 12.5 Å². The molecule has 3 rings (SSSR count). The Labute approximate surface area is 93.3 Å². The molecule has 0 saturated heterocycles. The van der Waals surface area contributed by atoms with Crippen molar-refractivity contribution in [3.63, 3.8) is 0 Å². The number of aliphatic hydroxyl groups excluding tert-OH is 1. The number of rotatable bonds is 4. The summed E-state index contributed by atoms with van der Waals surface area (Å²) in [6.45, 7) is 0.558. The molecule has 0 radical (unpaired) electrons. The number of hydrogen-bond donors (Lipinski definition) is 2. The van der Waals surface area contributed by atoms with Crippen LogP contribution >= 0.6 is 0 Å². The number of furan rings is 1. The van der Waals surface area contributed by atoms with Gasteiger partial charge < -0.3 is 14.8 Å². The first-order valence-electron chi connectivity index (χ1n) is 5.59. The van der Waals surface area contributed by atoms with Gasteiger partial charge in [-0.1, -0.05) is 0 Å². The van der Waals surface area contributed by atoms with Crippen LogP contribution in [0.15, 0.2) is 29.0 Å². The van der Waals surface area contributed by atoms with Crippen molar-refractivity contribution in [2.75, 3.05) is 11.9 Å². The van der Waals surface area contributed by atoms with E-state index < -0.39 is 0 Å². The van der Waals surface area contributed by atoms with Crippen LogP contribution in [0.5, 0.6) is 0 Å².